The summed E-state index contributed by atoms with van der Waals surface area (Å²) in [6.45, 7) is 0.945. The van der Waals surface area contributed by atoms with Gasteiger partial charge in [0.05, 0.1) is 17.0 Å². The highest BCUT2D eigenvalue weighted by Crippen LogP contribution is 2.14. The van der Waals surface area contributed by atoms with Crippen LogP contribution in [0.25, 0.3) is 0 Å². The summed E-state index contributed by atoms with van der Waals surface area (Å²) < 4.78 is 23.6. The van der Waals surface area contributed by atoms with Crippen molar-refractivity contribution in [2.45, 2.75) is 24.6 Å². The molecule has 2 rings (SSSR count). The number of hydrogen-bond acceptors (Lipinski definition) is 5. The first-order valence-electron chi connectivity index (χ1n) is 4.97. The second kappa shape index (κ2) is 4.59. The molecule has 1 aliphatic rings. The lowest BCUT2D eigenvalue weighted by Gasteiger charge is -2.09. The minimum atomic E-state index is -2.98. The van der Waals surface area contributed by atoms with Crippen LogP contribution in [0, 0.1) is 0 Å². The summed E-state index contributed by atoms with van der Waals surface area (Å²) in [5, 5.41) is 3.20. The third kappa shape index (κ3) is 3.25. The molecule has 4 nitrogen and oxygen atoms in total. The maximum absolute atomic E-state index is 11.8. The molecular formula is C9H14N2O2S2. The second-order valence-corrected chi connectivity index (χ2v) is 6.90. The van der Waals surface area contributed by atoms with E-state index < -0.39 is 9.84 Å². The molecule has 1 aliphatic heterocycles. The summed E-state index contributed by atoms with van der Waals surface area (Å²) in [5.41, 5.74) is 1.67. The Morgan fingerprint density at radius 1 is 1.60 bits per heavy atom. The lowest BCUT2D eigenvalue weighted by atomic mass is 10.3. The van der Waals surface area contributed by atoms with Gasteiger partial charge in [-0.15, -0.1) is 11.3 Å². The van der Waals surface area contributed by atoms with Crippen LogP contribution in [0.4, 0.5) is 0 Å². The van der Waals surface area contributed by atoms with Crippen LogP contribution < -0.4 is 5.32 Å². The minimum absolute atomic E-state index is 0.135. The highest BCUT2D eigenvalue weighted by atomic mass is 32.2. The molecule has 15 heavy (non-hydrogen) atoms. The fourth-order valence-electron chi connectivity index (χ4n) is 1.79. The maximum atomic E-state index is 11.8. The van der Waals surface area contributed by atoms with Gasteiger partial charge in [-0.1, -0.05) is 0 Å². The molecule has 6 heteroatoms. The monoisotopic (exact) mass is 246 g/mol. The molecule has 1 fully saturated rings. The lowest BCUT2D eigenvalue weighted by molar-refractivity contribution is 0.576. The molecule has 2 heterocycles. The summed E-state index contributed by atoms with van der Waals surface area (Å²) in [6, 6.07) is 0.155. The predicted octanol–water partition coefficient (Wildman–Crippen LogP) is 0.810. The first-order valence-corrected chi connectivity index (χ1v) is 7.67. The van der Waals surface area contributed by atoms with Gasteiger partial charge in [0.1, 0.15) is 0 Å². The Morgan fingerprint density at radius 3 is 3.07 bits per heavy atom. The number of rotatable bonds is 4. The SMILES string of the molecule is O=S(=O)(Cc1cncs1)C[C@@H]1CCCN1. The van der Waals surface area contributed by atoms with Crippen molar-refractivity contribution in [1.29, 1.82) is 0 Å². The molecule has 0 spiro atoms. The zero-order chi connectivity index (χ0) is 10.7. The summed E-state index contributed by atoms with van der Waals surface area (Å²) in [5.74, 6) is 0.390. The number of nitrogens with one attached hydrogen (secondary N) is 1. The topological polar surface area (TPSA) is 59.1 Å². The van der Waals surface area contributed by atoms with Crippen LogP contribution in [-0.4, -0.2) is 31.7 Å². The Morgan fingerprint density at radius 2 is 2.47 bits per heavy atom. The van der Waals surface area contributed by atoms with E-state index in [1.807, 2.05) is 0 Å². The van der Waals surface area contributed by atoms with Gasteiger partial charge in [-0.05, 0) is 19.4 Å². The maximum Gasteiger partial charge on any atom is 0.156 e. The third-order valence-electron chi connectivity index (χ3n) is 2.46. The van der Waals surface area contributed by atoms with Crippen molar-refractivity contribution in [2.24, 2.45) is 0 Å². The van der Waals surface area contributed by atoms with E-state index >= 15 is 0 Å². The van der Waals surface area contributed by atoms with Gasteiger partial charge in [-0.25, -0.2) is 8.42 Å². The molecule has 0 bridgehead atoms. The highest BCUT2D eigenvalue weighted by molar-refractivity contribution is 7.90. The summed E-state index contributed by atoms with van der Waals surface area (Å²) in [6.07, 6.45) is 3.69. The fraction of sp³-hybridized carbons (Fsp3) is 0.667. The average Bonchev–Trinajstić information content (AvgIpc) is 2.75. The molecule has 1 saturated heterocycles. The van der Waals surface area contributed by atoms with Gasteiger partial charge in [0.15, 0.2) is 9.84 Å². The first kappa shape index (κ1) is 11.0. The minimum Gasteiger partial charge on any atom is -0.313 e. The van der Waals surface area contributed by atoms with Crippen LogP contribution in [0.2, 0.25) is 0 Å². The van der Waals surface area contributed by atoms with Gasteiger partial charge in [0.25, 0.3) is 0 Å². The van der Waals surface area contributed by atoms with Gasteiger partial charge in [-0.3, -0.25) is 4.98 Å². The van der Waals surface area contributed by atoms with Crippen LogP contribution >= 0.6 is 11.3 Å². The molecule has 0 radical (unpaired) electrons. The quantitative estimate of drug-likeness (QED) is 0.854. The van der Waals surface area contributed by atoms with E-state index in [2.05, 4.69) is 10.3 Å². The molecule has 1 atom stereocenters. The number of aromatic nitrogens is 1. The van der Waals surface area contributed by atoms with Gasteiger partial charge < -0.3 is 5.32 Å². The smallest absolute Gasteiger partial charge is 0.156 e. The Kier molecular flexibility index (Phi) is 3.38. The molecule has 0 unspecified atom stereocenters. The predicted molar refractivity (Wildman–Crippen MR) is 60.6 cm³/mol. The van der Waals surface area contributed by atoms with Crippen molar-refractivity contribution in [3.8, 4) is 0 Å². The Hall–Kier alpha value is -0.460. The fourth-order valence-corrected chi connectivity index (χ4v) is 4.51. The summed E-state index contributed by atoms with van der Waals surface area (Å²) >= 11 is 1.40. The standard InChI is InChI=1S/C9H14N2O2S2/c12-15(13,5-8-2-1-3-11-8)6-9-4-10-7-14-9/h4,7-8,11H,1-3,5-6H2/t8-/m0/s1. The van der Waals surface area contributed by atoms with Crippen LogP contribution in [0.1, 0.15) is 17.7 Å². The van der Waals surface area contributed by atoms with Crippen molar-refractivity contribution >= 4 is 21.2 Å². The third-order valence-corrected chi connectivity index (χ3v) is 5.09. The van der Waals surface area contributed by atoms with Gasteiger partial charge >= 0.3 is 0 Å². The van der Waals surface area contributed by atoms with Crippen molar-refractivity contribution in [3.05, 3.63) is 16.6 Å². The van der Waals surface area contributed by atoms with Crippen LogP contribution in [0.3, 0.4) is 0 Å². The van der Waals surface area contributed by atoms with E-state index in [0.29, 0.717) is 0 Å². The first-order chi connectivity index (χ1) is 7.16. The number of hydrogen-bond donors (Lipinski definition) is 1. The van der Waals surface area contributed by atoms with Crippen molar-refractivity contribution in [3.63, 3.8) is 0 Å². The van der Waals surface area contributed by atoms with Crippen LogP contribution in [-0.2, 0) is 15.6 Å². The van der Waals surface area contributed by atoms with Gasteiger partial charge in [0, 0.05) is 17.1 Å². The summed E-state index contributed by atoms with van der Waals surface area (Å²) in [7, 11) is -2.98. The van der Waals surface area contributed by atoms with Crippen molar-refractivity contribution in [2.75, 3.05) is 12.3 Å². The largest absolute Gasteiger partial charge is 0.313 e. The second-order valence-electron chi connectivity index (χ2n) is 3.82. The normalized spacial score (nSPS) is 22.0. The molecule has 84 valence electrons. The Labute approximate surface area is 93.7 Å². The number of thiazole rings is 1. The number of sulfone groups is 1. The van der Waals surface area contributed by atoms with E-state index in [1.165, 1.54) is 11.3 Å². The van der Waals surface area contributed by atoms with E-state index in [9.17, 15) is 8.42 Å². The van der Waals surface area contributed by atoms with Crippen LogP contribution in [0.5, 0.6) is 0 Å². The average molecular weight is 246 g/mol. The zero-order valence-corrected chi connectivity index (χ0v) is 9.98. The molecule has 0 aromatic carbocycles. The number of nitrogens with zero attached hydrogens (tertiary/aromatic N) is 1. The molecule has 1 aromatic heterocycles. The molecule has 0 aliphatic carbocycles. The molecule has 0 saturated carbocycles. The highest BCUT2D eigenvalue weighted by Gasteiger charge is 2.22. The van der Waals surface area contributed by atoms with E-state index in [0.717, 1.165) is 24.3 Å². The van der Waals surface area contributed by atoms with E-state index in [4.69, 9.17) is 0 Å². The van der Waals surface area contributed by atoms with Crippen molar-refractivity contribution in [1.82, 2.24) is 10.3 Å². The Balaban J connectivity index is 1.94. The lowest BCUT2D eigenvalue weighted by Crippen LogP contribution is -2.30. The summed E-state index contributed by atoms with van der Waals surface area (Å²) in [4.78, 5) is 4.70. The van der Waals surface area contributed by atoms with Gasteiger partial charge in [-0.2, -0.15) is 0 Å². The van der Waals surface area contributed by atoms with E-state index in [1.54, 1.807) is 11.7 Å². The van der Waals surface area contributed by atoms with Crippen LogP contribution in [0.15, 0.2) is 11.7 Å². The molecule has 0 amide bonds. The molecule has 1 N–H and O–H groups in total. The van der Waals surface area contributed by atoms with E-state index in [-0.39, 0.29) is 17.5 Å². The van der Waals surface area contributed by atoms with Crippen molar-refractivity contribution < 1.29 is 8.42 Å². The zero-order valence-electron chi connectivity index (χ0n) is 8.35. The molecular weight excluding hydrogens is 232 g/mol. The molecule has 1 aromatic rings. The van der Waals surface area contributed by atoms with Gasteiger partial charge in [0.2, 0.25) is 0 Å². The Bertz CT molecular complexity index is 394.